The van der Waals surface area contributed by atoms with Crippen molar-refractivity contribution in [2.75, 3.05) is 13.2 Å². The van der Waals surface area contributed by atoms with Gasteiger partial charge in [-0.25, -0.2) is 0 Å². The van der Waals surface area contributed by atoms with E-state index in [-0.39, 0.29) is 31.1 Å². The zero-order valence-corrected chi connectivity index (χ0v) is 43.3. The summed E-state index contributed by atoms with van der Waals surface area (Å²) in [4.78, 5) is 37.8. The van der Waals surface area contributed by atoms with Crippen molar-refractivity contribution < 1.29 is 28.6 Å². The molecule has 0 amide bonds. The predicted molar refractivity (Wildman–Crippen MR) is 279 cm³/mol. The van der Waals surface area contributed by atoms with Gasteiger partial charge in [-0.2, -0.15) is 0 Å². The van der Waals surface area contributed by atoms with Gasteiger partial charge in [0.2, 0.25) is 0 Å². The molecule has 6 heteroatoms. The van der Waals surface area contributed by atoms with Crippen LogP contribution in [0.5, 0.6) is 0 Å². The minimum Gasteiger partial charge on any atom is -0.462 e. The van der Waals surface area contributed by atoms with Crippen LogP contribution in [0, 0.1) is 0 Å². The topological polar surface area (TPSA) is 78.9 Å². The Morgan fingerprint density at radius 2 is 0.600 bits per heavy atom. The minimum absolute atomic E-state index is 0.0721. The summed E-state index contributed by atoms with van der Waals surface area (Å²) in [5.41, 5.74) is 0. The Labute approximate surface area is 403 Å². The smallest absolute Gasteiger partial charge is 0.306 e. The number of hydrogen-bond acceptors (Lipinski definition) is 6. The highest BCUT2D eigenvalue weighted by Gasteiger charge is 2.19. The van der Waals surface area contributed by atoms with Crippen LogP contribution in [0.25, 0.3) is 0 Å². The van der Waals surface area contributed by atoms with Crippen LogP contribution in [-0.2, 0) is 28.6 Å². The van der Waals surface area contributed by atoms with Gasteiger partial charge in [-0.1, -0.05) is 262 Å². The Hall–Kier alpha value is -2.63. The molecule has 0 radical (unpaired) electrons. The molecule has 0 saturated carbocycles. The molecule has 0 aliphatic rings. The Kier molecular flexibility index (Phi) is 51.8. The lowest BCUT2D eigenvalue weighted by atomic mass is 10.0. The first kappa shape index (κ1) is 62.4. The normalized spacial score (nSPS) is 12.4. The van der Waals surface area contributed by atoms with E-state index in [0.717, 1.165) is 89.9 Å². The molecular formula is C59H106O6. The van der Waals surface area contributed by atoms with Crippen molar-refractivity contribution in [1.82, 2.24) is 0 Å². The second kappa shape index (κ2) is 54.0. The molecule has 0 aromatic rings. The first-order chi connectivity index (χ1) is 32.0. The third kappa shape index (κ3) is 52.2. The third-order valence-electron chi connectivity index (χ3n) is 12.3. The summed E-state index contributed by atoms with van der Waals surface area (Å²) in [5.74, 6) is -0.877. The van der Waals surface area contributed by atoms with E-state index in [1.165, 1.54) is 161 Å². The number of hydrogen-bond donors (Lipinski definition) is 0. The van der Waals surface area contributed by atoms with Crippen LogP contribution in [0.2, 0.25) is 0 Å². The quantitative estimate of drug-likeness (QED) is 0.0262. The van der Waals surface area contributed by atoms with Gasteiger partial charge in [0.15, 0.2) is 6.10 Å². The number of carbonyl (C=O) groups excluding carboxylic acids is 3. The van der Waals surface area contributed by atoms with Gasteiger partial charge >= 0.3 is 17.9 Å². The molecular weight excluding hydrogens is 805 g/mol. The SMILES string of the molecule is CC/C=C\C/C=C\C/C=C\C/C=C\CCCCCCCCCCCCC(=O)OCC(COC(=O)CCCCCCC)OC(=O)CCCCCCCCCCCCCCCCCCCCC. The summed E-state index contributed by atoms with van der Waals surface area (Å²) in [6.07, 6.45) is 65.7. The highest BCUT2D eigenvalue weighted by Crippen LogP contribution is 2.17. The van der Waals surface area contributed by atoms with E-state index in [2.05, 4.69) is 69.4 Å². The molecule has 1 unspecified atom stereocenters. The largest absolute Gasteiger partial charge is 0.462 e. The molecule has 0 fully saturated rings. The standard InChI is InChI=1S/C59H106O6/c1-4-7-10-13-15-17-19-21-23-25-27-28-29-30-32-33-35-37-39-41-43-46-49-52-58(61)64-55-56(54-63-57(60)51-48-45-12-9-6-3)65-59(62)53-50-47-44-42-40-38-36-34-31-26-24-22-20-18-16-14-11-8-5-2/h7,10,15,17,21,23,27-28,56H,4-6,8-9,11-14,16,18-20,22,24-26,29-55H2,1-3H3/b10-7-,17-15-,23-21-,28-27-. The fourth-order valence-corrected chi connectivity index (χ4v) is 8.14. The third-order valence-corrected chi connectivity index (χ3v) is 12.3. The number of rotatable bonds is 51. The highest BCUT2D eigenvalue weighted by atomic mass is 16.6. The Balaban J connectivity index is 4.08. The minimum atomic E-state index is -0.768. The molecule has 0 heterocycles. The maximum absolute atomic E-state index is 12.8. The molecule has 0 aromatic heterocycles. The maximum Gasteiger partial charge on any atom is 0.306 e. The van der Waals surface area contributed by atoms with Gasteiger partial charge in [0.05, 0.1) is 0 Å². The van der Waals surface area contributed by atoms with E-state index in [0.29, 0.717) is 19.3 Å². The maximum atomic E-state index is 12.8. The number of unbranched alkanes of at least 4 members (excludes halogenated alkanes) is 32. The van der Waals surface area contributed by atoms with E-state index in [4.69, 9.17) is 14.2 Å². The molecule has 65 heavy (non-hydrogen) atoms. The van der Waals surface area contributed by atoms with Gasteiger partial charge in [-0.05, 0) is 57.8 Å². The average molecular weight is 911 g/mol. The average Bonchev–Trinajstić information content (AvgIpc) is 3.30. The van der Waals surface area contributed by atoms with Gasteiger partial charge in [0.25, 0.3) is 0 Å². The van der Waals surface area contributed by atoms with Gasteiger partial charge in [0.1, 0.15) is 13.2 Å². The molecule has 0 bridgehead atoms. The first-order valence-electron chi connectivity index (χ1n) is 28.1. The van der Waals surface area contributed by atoms with Gasteiger partial charge in [0, 0.05) is 19.3 Å². The lowest BCUT2D eigenvalue weighted by Crippen LogP contribution is -2.30. The monoisotopic (exact) mass is 911 g/mol. The summed E-state index contributed by atoms with van der Waals surface area (Å²) in [5, 5.41) is 0. The molecule has 378 valence electrons. The fourth-order valence-electron chi connectivity index (χ4n) is 8.14. The number of allylic oxidation sites excluding steroid dienone is 8. The van der Waals surface area contributed by atoms with Crippen molar-refractivity contribution in [1.29, 1.82) is 0 Å². The number of ether oxygens (including phenoxy) is 3. The van der Waals surface area contributed by atoms with Crippen molar-refractivity contribution in [3.8, 4) is 0 Å². The number of esters is 3. The molecule has 0 aromatic carbocycles. The molecule has 0 saturated heterocycles. The van der Waals surface area contributed by atoms with Crippen LogP contribution >= 0.6 is 0 Å². The molecule has 0 N–H and O–H groups in total. The Morgan fingerprint density at radius 3 is 0.938 bits per heavy atom. The molecule has 0 aliphatic carbocycles. The summed E-state index contributed by atoms with van der Waals surface area (Å²) in [6.45, 7) is 6.47. The van der Waals surface area contributed by atoms with Gasteiger partial charge in [-0.15, -0.1) is 0 Å². The molecule has 6 nitrogen and oxygen atoms in total. The van der Waals surface area contributed by atoms with E-state index < -0.39 is 6.10 Å². The molecule has 0 spiro atoms. The van der Waals surface area contributed by atoms with Crippen molar-refractivity contribution in [3.05, 3.63) is 48.6 Å². The second-order valence-electron chi connectivity index (χ2n) is 18.8. The van der Waals surface area contributed by atoms with Crippen LogP contribution in [0.15, 0.2) is 48.6 Å². The van der Waals surface area contributed by atoms with Crippen LogP contribution in [-0.4, -0.2) is 37.2 Å². The highest BCUT2D eigenvalue weighted by molar-refractivity contribution is 5.71. The zero-order valence-electron chi connectivity index (χ0n) is 43.3. The Morgan fingerprint density at radius 1 is 0.323 bits per heavy atom. The van der Waals surface area contributed by atoms with E-state index in [9.17, 15) is 14.4 Å². The predicted octanol–water partition coefficient (Wildman–Crippen LogP) is 18.7. The van der Waals surface area contributed by atoms with Crippen molar-refractivity contribution in [2.24, 2.45) is 0 Å². The summed E-state index contributed by atoms with van der Waals surface area (Å²) < 4.78 is 16.7. The summed E-state index contributed by atoms with van der Waals surface area (Å²) in [6, 6.07) is 0. The number of carbonyl (C=O) groups is 3. The molecule has 0 aliphatic heterocycles. The van der Waals surface area contributed by atoms with Crippen molar-refractivity contribution >= 4 is 17.9 Å². The van der Waals surface area contributed by atoms with Crippen molar-refractivity contribution in [2.45, 2.75) is 297 Å². The van der Waals surface area contributed by atoms with Crippen molar-refractivity contribution in [3.63, 3.8) is 0 Å². The Bertz CT molecular complexity index is 1140. The van der Waals surface area contributed by atoms with E-state index in [1.54, 1.807) is 0 Å². The van der Waals surface area contributed by atoms with E-state index in [1.807, 2.05) is 0 Å². The first-order valence-corrected chi connectivity index (χ1v) is 28.1. The van der Waals surface area contributed by atoms with Gasteiger partial charge in [-0.3, -0.25) is 14.4 Å². The summed E-state index contributed by atoms with van der Waals surface area (Å²) >= 11 is 0. The fraction of sp³-hybridized carbons (Fsp3) is 0.814. The van der Waals surface area contributed by atoms with Crippen LogP contribution in [0.4, 0.5) is 0 Å². The molecule has 0 rings (SSSR count). The lowest BCUT2D eigenvalue weighted by molar-refractivity contribution is -0.167. The zero-order chi connectivity index (χ0) is 47.2. The summed E-state index contributed by atoms with van der Waals surface area (Å²) in [7, 11) is 0. The second-order valence-corrected chi connectivity index (χ2v) is 18.8. The lowest BCUT2D eigenvalue weighted by Gasteiger charge is -2.18. The van der Waals surface area contributed by atoms with Crippen LogP contribution < -0.4 is 0 Å². The van der Waals surface area contributed by atoms with E-state index >= 15 is 0 Å². The van der Waals surface area contributed by atoms with Crippen LogP contribution in [0.1, 0.15) is 290 Å². The van der Waals surface area contributed by atoms with Gasteiger partial charge < -0.3 is 14.2 Å². The van der Waals surface area contributed by atoms with Crippen LogP contribution in [0.3, 0.4) is 0 Å². The molecule has 1 atom stereocenters.